The Bertz CT molecular complexity index is 853. The highest BCUT2D eigenvalue weighted by atomic mass is 16.8. The second-order valence-corrected chi connectivity index (χ2v) is 12.3. The Morgan fingerprint density at radius 2 is 1.27 bits per heavy atom. The average molecular weight is 585 g/mol. The molecule has 4 heterocycles. The molecule has 0 aromatic heterocycles. The molecule has 4 bridgehead atoms. The molecule has 41 heavy (non-hydrogen) atoms. The maximum Gasteiger partial charge on any atom is 0.305 e. The minimum Gasteiger partial charge on any atom is -0.466 e. The van der Waals surface area contributed by atoms with Crippen LogP contribution in [0.4, 0.5) is 0 Å². The van der Waals surface area contributed by atoms with Gasteiger partial charge in [-0.05, 0) is 52.4 Å². The van der Waals surface area contributed by atoms with Crippen LogP contribution in [0.25, 0.3) is 0 Å². The van der Waals surface area contributed by atoms with Crippen LogP contribution in [-0.4, -0.2) is 80.1 Å². The number of cyclic esters (lactones) is 2. The van der Waals surface area contributed by atoms with E-state index in [4.69, 9.17) is 37.9 Å². The van der Waals surface area contributed by atoms with Crippen molar-refractivity contribution >= 4 is 11.9 Å². The summed E-state index contributed by atoms with van der Waals surface area (Å²) < 4.78 is 49.5. The lowest BCUT2D eigenvalue weighted by Crippen LogP contribution is -2.45. The Balaban J connectivity index is 1.46. The first-order chi connectivity index (χ1) is 19.7. The van der Waals surface area contributed by atoms with Crippen LogP contribution in [0.1, 0.15) is 118 Å². The van der Waals surface area contributed by atoms with Crippen molar-refractivity contribution in [1.82, 2.24) is 0 Å². The highest BCUT2D eigenvalue weighted by Crippen LogP contribution is 2.44. The molecule has 0 N–H and O–H groups in total. The van der Waals surface area contributed by atoms with Crippen LogP contribution < -0.4 is 0 Å². The highest BCUT2D eigenvalue weighted by Gasteiger charge is 2.57. The number of fused-ring (bicyclic) bond motifs is 5. The van der Waals surface area contributed by atoms with Gasteiger partial charge in [-0.2, -0.15) is 0 Å². The maximum atomic E-state index is 12.3. The Kier molecular flexibility index (Phi) is 11.9. The Morgan fingerprint density at radius 1 is 0.683 bits per heavy atom. The molecular weight excluding hydrogens is 532 g/mol. The highest BCUT2D eigenvalue weighted by molar-refractivity contribution is 5.69. The summed E-state index contributed by atoms with van der Waals surface area (Å²) in [4.78, 5) is 24.5. The number of unbranched alkanes of at least 4 members (excludes halogenated alkanes) is 3. The van der Waals surface area contributed by atoms with Crippen molar-refractivity contribution in [2.45, 2.75) is 159 Å². The summed E-state index contributed by atoms with van der Waals surface area (Å²) >= 11 is 0. The maximum absolute atomic E-state index is 12.3. The molecule has 10 nitrogen and oxygen atoms in total. The lowest BCUT2D eigenvalue weighted by atomic mass is 10.0. The SMILES string of the molecule is CCCCCCC1(CC)OCC(C2OC3(C)CCCC(=O)OCCCCOC(=O)CCCC4(C)OCC(O4)C2O3)O1. The molecule has 236 valence electrons. The predicted octanol–water partition coefficient (Wildman–Crippen LogP) is 5.33. The fourth-order valence-corrected chi connectivity index (χ4v) is 6.25. The Labute approximate surface area is 245 Å². The molecule has 4 fully saturated rings. The van der Waals surface area contributed by atoms with Gasteiger partial charge in [0.1, 0.15) is 24.4 Å². The van der Waals surface area contributed by atoms with Crippen LogP contribution in [0.15, 0.2) is 0 Å². The van der Waals surface area contributed by atoms with Gasteiger partial charge in [-0.1, -0.05) is 33.1 Å². The van der Waals surface area contributed by atoms with E-state index < -0.39 is 29.6 Å². The lowest BCUT2D eigenvalue weighted by molar-refractivity contribution is -0.201. The predicted molar refractivity (Wildman–Crippen MR) is 149 cm³/mol. The van der Waals surface area contributed by atoms with Crippen molar-refractivity contribution in [3.8, 4) is 0 Å². The molecule has 4 aliphatic rings. The lowest BCUT2D eigenvalue weighted by Gasteiger charge is -2.30. The normalized spacial score (nSPS) is 39.8. The van der Waals surface area contributed by atoms with Crippen LogP contribution >= 0.6 is 0 Å². The first-order valence-electron chi connectivity index (χ1n) is 16.0. The summed E-state index contributed by atoms with van der Waals surface area (Å²) in [5.74, 6) is -2.86. The van der Waals surface area contributed by atoms with Crippen molar-refractivity contribution in [3.05, 3.63) is 0 Å². The van der Waals surface area contributed by atoms with Crippen molar-refractivity contribution in [2.24, 2.45) is 0 Å². The molecule has 7 unspecified atom stereocenters. The summed E-state index contributed by atoms with van der Waals surface area (Å²) in [6.07, 6.45) is 8.74. The van der Waals surface area contributed by atoms with Crippen LogP contribution in [0.3, 0.4) is 0 Å². The number of esters is 2. The van der Waals surface area contributed by atoms with E-state index in [2.05, 4.69) is 13.8 Å². The summed E-state index contributed by atoms with van der Waals surface area (Å²) in [5.41, 5.74) is 0. The van der Waals surface area contributed by atoms with Gasteiger partial charge < -0.3 is 37.9 Å². The van der Waals surface area contributed by atoms with E-state index in [1.165, 1.54) is 12.8 Å². The zero-order valence-corrected chi connectivity index (χ0v) is 25.6. The number of ether oxygens (including phenoxy) is 8. The standard InChI is InChI=1S/C31H52O10/c1-5-7-8-9-18-31(6-2)37-22-24(39-31)28-27-23-21-36-29(3,38-23)16-12-14-25(32)34-19-10-11-20-35-26(33)15-13-17-30(4,40-27)41-28/h23-24,27-28H,5-22H2,1-4H3. The second-order valence-electron chi connectivity index (χ2n) is 12.3. The van der Waals surface area contributed by atoms with Gasteiger partial charge in [0.15, 0.2) is 17.4 Å². The van der Waals surface area contributed by atoms with Gasteiger partial charge in [0, 0.05) is 32.1 Å². The van der Waals surface area contributed by atoms with Gasteiger partial charge in [-0.25, -0.2) is 0 Å². The third kappa shape index (κ3) is 9.10. The van der Waals surface area contributed by atoms with E-state index in [1.807, 2.05) is 13.8 Å². The third-order valence-electron chi connectivity index (χ3n) is 8.70. The van der Waals surface area contributed by atoms with Crippen LogP contribution in [-0.2, 0) is 47.5 Å². The van der Waals surface area contributed by atoms with E-state index in [9.17, 15) is 9.59 Å². The van der Waals surface area contributed by atoms with Crippen LogP contribution in [0.5, 0.6) is 0 Å². The number of hydrogen-bond acceptors (Lipinski definition) is 10. The molecule has 4 saturated heterocycles. The fourth-order valence-electron chi connectivity index (χ4n) is 6.25. The minimum absolute atomic E-state index is 0.245. The van der Waals surface area contributed by atoms with Crippen molar-refractivity contribution in [3.63, 3.8) is 0 Å². The van der Waals surface area contributed by atoms with Gasteiger partial charge in [0.25, 0.3) is 0 Å². The average Bonchev–Trinajstić information content (AvgIpc) is 3.64. The fraction of sp³-hybridized carbons (Fsp3) is 0.935. The molecular formula is C31H52O10. The summed E-state index contributed by atoms with van der Waals surface area (Å²) in [7, 11) is 0. The number of rotatable bonds is 7. The number of hydrogen-bond donors (Lipinski definition) is 0. The zero-order valence-electron chi connectivity index (χ0n) is 25.6. The molecule has 0 aromatic carbocycles. The zero-order chi connectivity index (χ0) is 29.3. The van der Waals surface area contributed by atoms with Crippen molar-refractivity contribution in [2.75, 3.05) is 26.4 Å². The van der Waals surface area contributed by atoms with Gasteiger partial charge in [0.2, 0.25) is 0 Å². The quantitative estimate of drug-likeness (QED) is 0.288. The molecule has 7 atom stereocenters. The number of carbonyl (C=O) groups is 2. The molecule has 0 spiro atoms. The van der Waals surface area contributed by atoms with E-state index >= 15 is 0 Å². The summed E-state index contributed by atoms with van der Waals surface area (Å²) in [6.45, 7) is 9.54. The first kappa shape index (κ1) is 32.6. The molecule has 0 aromatic rings. The Hall–Kier alpha value is -1.30. The smallest absolute Gasteiger partial charge is 0.305 e. The molecule has 4 aliphatic heterocycles. The van der Waals surface area contributed by atoms with E-state index in [0.29, 0.717) is 65.0 Å². The first-order valence-corrected chi connectivity index (χ1v) is 16.0. The molecule has 0 aliphatic carbocycles. The van der Waals surface area contributed by atoms with E-state index in [1.54, 1.807) is 0 Å². The molecule has 10 heteroatoms. The molecule has 0 radical (unpaired) electrons. The van der Waals surface area contributed by atoms with Crippen molar-refractivity contribution in [1.29, 1.82) is 0 Å². The monoisotopic (exact) mass is 584 g/mol. The van der Waals surface area contributed by atoms with Gasteiger partial charge in [-0.15, -0.1) is 0 Å². The van der Waals surface area contributed by atoms with E-state index in [-0.39, 0.29) is 37.0 Å². The summed E-state index contributed by atoms with van der Waals surface area (Å²) in [6, 6.07) is 0. The molecule has 4 rings (SSSR count). The topological polar surface area (TPSA) is 108 Å². The van der Waals surface area contributed by atoms with Crippen molar-refractivity contribution < 1.29 is 47.5 Å². The summed E-state index contributed by atoms with van der Waals surface area (Å²) in [5, 5.41) is 0. The van der Waals surface area contributed by atoms with Crippen LogP contribution in [0.2, 0.25) is 0 Å². The van der Waals surface area contributed by atoms with E-state index in [0.717, 1.165) is 25.7 Å². The Morgan fingerprint density at radius 3 is 1.88 bits per heavy atom. The van der Waals surface area contributed by atoms with Gasteiger partial charge >= 0.3 is 11.9 Å². The second kappa shape index (κ2) is 14.9. The van der Waals surface area contributed by atoms with Crippen LogP contribution in [0, 0.1) is 0 Å². The van der Waals surface area contributed by atoms with Gasteiger partial charge in [-0.3, -0.25) is 9.59 Å². The number of carbonyl (C=O) groups excluding carboxylic acids is 2. The minimum atomic E-state index is -0.912. The molecule has 0 amide bonds. The van der Waals surface area contributed by atoms with Gasteiger partial charge in [0.05, 0.1) is 26.4 Å². The third-order valence-corrected chi connectivity index (χ3v) is 8.70. The molecule has 0 saturated carbocycles. The largest absolute Gasteiger partial charge is 0.466 e.